The molecule has 2 rings (SSSR count). The Hall–Kier alpha value is -0.470. The van der Waals surface area contributed by atoms with Crippen LogP contribution in [0.3, 0.4) is 0 Å². The second-order valence-electron chi connectivity index (χ2n) is 5.16. The molecule has 112 valence electrons. The summed E-state index contributed by atoms with van der Waals surface area (Å²) in [6.45, 7) is 2.39. The number of rotatable bonds is 5. The van der Waals surface area contributed by atoms with E-state index in [9.17, 15) is 8.42 Å². The number of nitrogens with one attached hydrogen (secondary N) is 2. The Kier molecular flexibility index (Phi) is 5.19. The monoisotopic (exact) mass is 361 g/mol. The SMILES string of the molecule is CNCc1ccc(S(=O)(=O)NC2CCN(C)C2)c(Br)c1. The van der Waals surface area contributed by atoms with Crippen LogP contribution >= 0.6 is 15.9 Å². The summed E-state index contributed by atoms with van der Waals surface area (Å²) in [6.07, 6.45) is 0.852. The predicted molar refractivity (Wildman–Crippen MR) is 83.1 cm³/mol. The minimum Gasteiger partial charge on any atom is -0.316 e. The highest BCUT2D eigenvalue weighted by Crippen LogP contribution is 2.24. The highest BCUT2D eigenvalue weighted by Gasteiger charge is 2.26. The van der Waals surface area contributed by atoms with Gasteiger partial charge in [0.15, 0.2) is 0 Å². The van der Waals surface area contributed by atoms with Gasteiger partial charge in [-0.25, -0.2) is 13.1 Å². The molecule has 1 heterocycles. The standard InChI is InChI=1S/C13H20BrN3O2S/c1-15-8-10-3-4-13(12(14)7-10)20(18,19)16-11-5-6-17(2)9-11/h3-4,7,11,15-16H,5-6,8-9H2,1-2H3. The van der Waals surface area contributed by atoms with Gasteiger partial charge in [0.25, 0.3) is 0 Å². The van der Waals surface area contributed by atoms with Crippen LogP contribution in [-0.2, 0) is 16.6 Å². The van der Waals surface area contributed by atoms with E-state index in [2.05, 4.69) is 30.9 Å². The molecule has 1 aliphatic rings. The summed E-state index contributed by atoms with van der Waals surface area (Å²) in [5.41, 5.74) is 1.04. The first-order valence-corrected chi connectivity index (χ1v) is 8.84. The lowest BCUT2D eigenvalue weighted by molar-refractivity contribution is 0.407. The van der Waals surface area contributed by atoms with Crippen molar-refractivity contribution in [1.29, 1.82) is 0 Å². The second-order valence-corrected chi connectivity index (χ2v) is 7.70. The van der Waals surface area contributed by atoms with E-state index < -0.39 is 10.0 Å². The summed E-state index contributed by atoms with van der Waals surface area (Å²) < 4.78 is 28.2. The van der Waals surface area contributed by atoms with Crippen LogP contribution in [0, 0.1) is 0 Å². The van der Waals surface area contributed by atoms with E-state index in [4.69, 9.17) is 0 Å². The zero-order valence-corrected chi connectivity index (χ0v) is 14.1. The van der Waals surface area contributed by atoms with Gasteiger partial charge in [-0.1, -0.05) is 6.07 Å². The van der Waals surface area contributed by atoms with Gasteiger partial charge in [-0.15, -0.1) is 0 Å². The van der Waals surface area contributed by atoms with Crippen molar-refractivity contribution in [3.05, 3.63) is 28.2 Å². The number of likely N-dealkylation sites (N-methyl/N-ethyl adjacent to an activating group) is 1. The average Bonchev–Trinajstić information content (AvgIpc) is 2.74. The van der Waals surface area contributed by atoms with E-state index in [1.165, 1.54) is 0 Å². The quantitative estimate of drug-likeness (QED) is 0.825. The summed E-state index contributed by atoms with van der Waals surface area (Å²) in [5, 5.41) is 3.04. The lowest BCUT2D eigenvalue weighted by Crippen LogP contribution is -2.36. The Morgan fingerprint density at radius 1 is 1.45 bits per heavy atom. The van der Waals surface area contributed by atoms with Gasteiger partial charge in [0.1, 0.15) is 0 Å². The molecule has 0 bridgehead atoms. The number of likely N-dealkylation sites (tertiary alicyclic amines) is 1. The molecule has 0 saturated carbocycles. The first kappa shape index (κ1) is 15.9. The number of hydrogen-bond donors (Lipinski definition) is 2. The molecule has 20 heavy (non-hydrogen) atoms. The third kappa shape index (κ3) is 3.79. The van der Waals surface area contributed by atoms with E-state index in [1.54, 1.807) is 6.07 Å². The predicted octanol–water partition coefficient (Wildman–Crippen LogP) is 1.15. The third-order valence-corrected chi connectivity index (χ3v) is 5.88. The van der Waals surface area contributed by atoms with Crippen LogP contribution in [0.2, 0.25) is 0 Å². The molecule has 7 heteroatoms. The molecular weight excluding hydrogens is 342 g/mol. The van der Waals surface area contributed by atoms with Crippen molar-refractivity contribution >= 4 is 26.0 Å². The van der Waals surface area contributed by atoms with Crippen LogP contribution in [0.5, 0.6) is 0 Å². The van der Waals surface area contributed by atoms with E-state index in [0.717, 1.165) is 25.1 Å². The fraction of sp³-hybridized carbons (Fsp3) is 0.538. The first-order valence-electron chi connectivity index (χ1n) is 6.56. The molecule has 5 nitrogen and oxygen atoms in total. The Morgan fingerprint density at radius 2 is 2.20 bits per heavy atom. The molecule has 1 fully saturated rings. The van der Waals surface area contributed by atoms with Crippen LogP contribution in [0.15, 0.2) is 27.6 Å². The molecule has 1 atom stereocenters. The van der Waals surface area contributed by atoms with Crippen LogP contribution in [-0.4, -0.2) is 46.5 Å². The molecular formula is C13H20BrN3O2S. The van der Waals surface area contributed by atoms with Gasteiger partial charge in [0.05, 0.1) is 4.90 Å². The van der Waals surface area contributed by atoms with Gasteiger partial charge in [-0.3, -0.25) is 0 Å². The fourth-order valence-electron chi connectivity index (χ4n) is 2.39. The Balaban J connectivity index is 2.17. The van der Waals surface area contributed by atoms with Crippen molar-refractivity contribution in [2.75, 3.05) is 27.2 Å². The van der Waals surface area contributed by atoms with Crippen molar-refractivity contribution in [3.8, 4) is 0 Å². The molecule has 0 radical (unpaired) electrons. The van der Waals surface area contributed by atoms with Crippen LogP contribution in [0.4, 0.5) is 0 Å². The summed E-state index contributed by atoms with van der Waals surface area (Å²) in [5.74, 6) is 0. The maximum absolute atomic E-state index is 12.4. The van der Waals surface area contributed by atoms with Gasteiger partial charge < -0.3 is 10.2 Å². The van der Waals surface area contributed by atoms with Gasteiger partial charge in [-0.2, -0.15) is 0 Å². The Bertz CT molecular complexity index is 577. The minimum absolute atomic E-state index is 0.00566. The summed E-state index contributed by atoms with van der Waals surface area (Å²) in [4.78, 5) is 2.42. The minimum atomic E-state index is -3.47. The smallest absolute Gasteiger partial charge is 0.241 e. The molecule has 1 aromatic carbocycles. The zero-order chi connectivity index (χ0) is 14.8. The zero-order valence-electron chi connectivity index (χ0n) is 11.7. The number of sulfonamides is 1. The van der Waals surface area contributed by atoms with Gasteiger partial charge >= 0.3 is 0 Å². The normalized spacial score (nSPS) is 20.4. The van der Waals surface area contributed by atoms with E-state index in [-0.39, 0.29) is 6.04 Å². The maximum atomic E-state index is 12.4. The molecule has 0 aromatic heterocycles. The van der Waals surface area contributed by atoms with E-state index >= 15 is 0 Å². The maximum Gasteiger partial charge on any atom is 0.241 e. The van der Waals surface area contributed by atoms with Gasteiger partial charge in [0, 0.05) is 23.6 Å². The van der Waals surface area contributed by atoms with E-state index in [1.807, 2.05) is 26.2 Å². The average molecular weight is 362 g/mol. The molecule has 1 saturated heterocycles. The van der Waals surface area contributed by atoms with Crippen molar-refractivity contribution in [1.82, 2.24) is 14.9 Å². The topological polar surface area (TPSA) is 61.4 Å². The summed E-state index contributed by atoms with van der Waals surface area (Å²) in [7, 11) is 0.381. The molecule has 0 aliphatic carbocycles. The lowest BCUT2D eigenvalue weighted by atomic mass is 10.2. The number of hydrogen-bond acceptors (Lipinski definition) is 4. The van der Waals surface area contributed by atoms with Crippen molar-refractivity contribution in [2.24, 2.45) is 0 Å². The molecule has 1 unspecified atom stereocenters. The van der Waals surface area contributed by atoms with Crippen molar-refractivity contribution < 1.29 is 8.42 Å². The molecule has 1 aliphatic heterocycles. The Morgan fingerprint density at radius 3 is 2.75 bits per heavy atom. The summed E-state index contributed by atoms with van der Waals surface area (Å²) >= 11 is 3.36. The lowest BCUT2D eigenvalue weighted by Gasteiger charge is -2.14. The van der Waals surface area contributed by atoms with Gasteiger partial charge in [0.2, 0.25) is 10.0 Å². The second kappa shape index (κ2) is 6.53. The highest BCUT2D eigenvalue weighted by atomic mass is 79.9. The van der Waals surface area contributed by atoms with Crippen LogP contribution in [0.1, 0.15) is 12.0 Å². The Labute approximate surface area is 128 Å². The molecule has 2 N–H and O–H groups in total. The number of halogens is 1. The van der Waals surface area contributed by atoms with Crippen LogP contribution < -0.4 is 10.0 Å². The van der Waals surface area contributed by atoms with E-state index in [0.29, 0.717) is 15.9 Å². The third-order valence-electron chi connectivity index (χ3n) is 3.38. The van der Waals surface area contributed by atoms with Crippen LogP contribution in [0.25, 0.3) is 0 Å². The number of benzene rings is 1. The summed E-state index contributed by atoms with van der Waals surface area (Å²) in [6, 6.07) is 5.31. The number of nitrogens with zero attached hydrogens (tertiary/aromatic N) is 1. The highest BCUT2D eigenvalue weighted by molar-refractivity contribution is 9.10. The van der Waals surface area contributed by atoms with Gasteiger partial charge in [-0.05, 0) is 60.7 Å². The largest absolute Gasteiger partial charge is 0.316 e. The van der Waals surface area contributed by atoms with Crippen molar-refractivity contribution in [3.63, 3.8) is 0 Å². The molecule has 0 amide bonds. The first-order chi connectivity index (χ1) is 9.42. The van der Waals surface area contributed by atoms with Crippen molar-refractivity contribution in [2.45, 2.75) is 23.9 Å². The fourth-order valence-corrected chi connectivity index (χ4v) is 4.78. The molecule has 1 aromatic rings. The molecule has 0 spiro atoms.